The molecular weight excluding hydrogens is 482 g/mol. The van der Waals surface area contributed by atoms with Gasteiger partial charge in [0.2, 0.25) is 6.41 Å². The van der Waals surface area contributed by atoms with E-state index in [1.807, 2.05) is 0 Å². The number of morpholine rings is 1. The van der Waals surface area contributed by atoms with E-state index in [9.17, 15) is 4.79 Å². The molecule has 5 heteroatoms. The summed E-state index contributed by atoms with van der Waals surface area (Å²) < 4.78 is 5.48. The number of unbranched alkanes of at least 4 members (excludes halogenated alkanes) is 15. The zero-order valence-corrected chi connectivity index (χ0v) is 25.9. The zero-order valence-electron chi connectivity index (χ0n) is 25.9. The second-order valence-electron chi connectivity index (χ2n) is 12.6. The fourth-order valence-corrected chi connectivity index (χ4v) is 6.55. The molecule has 1 amide bonds. The van der Waals surface area contributed by atoms with Crippen LogP contribution in [-0.2, 0) is 9.53 Å². The van der Waals surface area contributed by atoms with Crippen molar-refractivity contribution in [1.29, 1.82) is 0 Å². The first-order valence-corrected chi connectivity index (χ1v) is 17.1. The largest absolute Gasteiger partial charge is 0.379 e. The number of nitrogens with one attached hydrogen (secondary N) is 1. The number of hydrogen-bond acceptors (Lipinski definition) is 4. The minimum atomic E-state index is 0.807. The highest BCUT2D eigenvalue weighted by Crippen LogP contribution is 2.31. The first kappa shape index (κ1) is 34.3. The smallest absolute Gasteiger partial charge is 0.207 e. The van der Waals surface area contributed by atoms with Crippen LogP contribution in [0.4, 0.5) is 0 Å². The lowest BCUT2D eigenvalue weighted by Crippen LogP contribution is -2.38. The Hall–Kier alpha value is -0.910. The van der Waals surface area contributed by atoms with Crippen LogP contribution in [0.25, 0.3) is 0 Å². The van der Waals surface area contributed by atoms with Gasteiger partial charge in [-0.25, -0.2) is 0 Å². The molecule has 2 atom stereocenters. The maximum atomic E-state index is 10.2. The topological polar surface area (TPSA) is 44.8 Å². The molecule has 2 aliphatic rings. The second kappa shape index (κ2) is 24.9. The van der Waals surface area contributed by atoms with Crippen molar-refractivity contribution in [2.75, 3.05) is 59.5 Å². The molecule has 0 aromatic rings. The van der Waals surface area contributed by atoms with E-state index >= 15 is 0 Å². The fourth-order valence-electron chi connectivity index (χ4n) is 6.55. The lowest BCUT2D eigenvalue weighted by molar-refractivity contribution is -0.109. The summed E-state index contributed by atoms with van der Waals surface area (Å²) in [6.07, 6.45) is 33.3. The summed E-state index contributed by atoms with van der Waals surface area (Å²) in [6, 6.07) is 0. The molecule has 1 N–H and O–H groups in total. The fraction of sp³-hybridized carbons (Fsp3) is 0.912. The average molecular weight is 548 g/mol. The van der Waals surface area contributed by atoms with Crippen LogP contribution in [0.1, 0.15) is 128 Å². The Labute approximate surface area is 242 Å². The van der Waals surface area contributed by atoms with Crippen LogP contribution in [0.3, 0.4) is 0 Å². The van der Waals surface area contributed by atoms with E-state index in [0.29, 0.717) is 0 Å². The summed E-state index contributed by atoms with van der Waals surface area (Å²) >= 11 is 0. The Kier molecular flexibility index (Phi) is 21.9. The van der Waals surface area contributed by atoms with Crippen LogP contribution in [0.5, 0.6) is 0 Å². The van der Waals surface area contributed by atoms with Crippen LogP contribution in [-0.4, -0.2) is 75.7 Å². The molecule has 1 aliphatic carbocycles. The second-order valence-corrected chi connectivity index (χ2v) is 12.6. The lowest BCUT2D eigenvalue weighted by Gasteiger charge is -2.33. The van der Waals surface area contributed by atoms with Crippen molar-refractivity contribution in [1.82, 2.24) is 15.1 Å². The number of ether oxygens (including phenoxy) is 1. The minimum absolute atomic E-state index is 0.807. The molecule has 0 aromatic carbocycles. The maximum absolute atomic E-state index is 10.2. The molecule has 1 fully saturated rings. The van der Waals surface area contributed by atoms with Crippen molar-refractivity contribution < 1.29 is 9.53 Å². The normalized spacial score (nSPS) is 20.1. The number of allylic oxidation sites excluding steroid dienone is 2. The van der Waals surface area contributed by atoms with Gasteiger partial charge in [-0.15, -0.1) is 0 Å². The molecule has 0 spiro atoms. The maximum Gasteiger partial charge on any atom is 0.207 e. The van der Waals surface area contributed by atoms with E-state index in [-0.39, 0.29) is 0 Å². The van der Waals surface area contributed by atoms with Crippen molar-refractivity contribution in [3.8, 4) is 0 Å². The van der Waals surface area contributed by atoms with Gasteiger partial charge in [-0.1, -0.05) is 108 Å². The summed E-state index contributed by atoms with van der Waals surface area (Å²) in [5, 5.41) is 2.74. The van der Waals surface area contributed by atoms with Crippen molar-refractivity contribution in [2.24, 2.45) is 11.8 Å². The van der Waals surface area contributed by atoms with Crippen molar-refractivity contribution in [2.45, 2.75) is 128 Å². The third kappa shape index (κ3) is 19.0. The molecule has 1 aliphatic heterocycles. The molecule has 0 radical (unpaired) electrons. The third-order valence-electron chi connectivity index (χ3n) is 9.10. The van der Waals surface area contributed by atoms with Crippen molar-refractivity contribution >= 4 is 6.41 Å². The minimum Gasteiger partial charge on any atom is -0.379 e. The SMILES string of the molecule is CN(CCCN1CCOCC1)CC1CC=CCC1CCCCCCCCCCCCCCCCCCNC=O. The predicted molar refractivity (Wildman–Crippen MR) is 167 cm³/mol. The summed E-state index contributed by atoms with van der Waals surface area (Å²) in [6.45, 7) is 8.64. The van der Waals surface area contributed by atoms with Gasteiger partial charge in [0.05, 0.1) is 13.2 Å². The number of nitrogens with zero attached hydrogens (tertiary/aromatic N) is 2. The van der Waals surface area contributed by atoms with Crippen LogP contribution in [0.2, 0.25) is 0 Å². The Morgan fingerprint density at radius 1 is 0.744 bits per heavy atom. The Bertz CT molecular complexity index is 579. The molecule has 1 heterocycles. The van der Waals surface area contributed by atoms with Gasteiger partial charge < -0.3 is 15.0 Å². The Morgan fingerprint density at radius 3 is 1.82 bits per heavy atom. The van der Waals surface area contributed by atoms with E-state index < -0.39 is 0 Å². The highest BCUT2D eigenvalue weighted by atomic mass is 16.5. The molecule has 5 nitrogen and oxygen atoms in total. The Morgan fingerprint density at radius 2 is 1.26 bits per heavy atom. The predicted octanol–water partition coefficient (Wildman–Crippen LogP) is 7.60. The first-order chi connectivity index (χ1) is 19.3. The molecule has 228 valence electrons. The summed E-state index contributed by atoms with van der Waals surface area (Å²) in [5.41, 5.74) is 0. The van der Waals surface area contributed by atoms with Crippen LogP contribution >= 0.6 is 0 Å². The van der Waals surface area contributed by atoms with Crippen LogP contribution in [0.15, 0.2) is 12.2 Å². The molecule has 2 unspecified atom stereocenters. The van der Waals surface area contributed by atoms with E-state index in [1.165, 1.54) is 142 Å². The number of carbonyl (C=O) groups excluding carboxylic acids is 1. The van der Waals surface area contributed by atoms with Gasteiger partial charge in [-0.3, -0.25) is 9.69 Å². The molecule has 39 heavy (non-hydrogen) atoms. The van der Waals surface area contributed by atoms with Crippen LogP contribution < -0.4 is 5.32 Å². The van der Waals surface area contributed by atoms with Gasteiger partial charge in [-0.2, -0.15) is 0 Å². The lowest BCUT2D eigenvalue weighted by atomic mass is 9.79. The highest BCUT2D eigenvalue weighted by molar-refractivity contribution is 5.45. The highest BCUT2D eigenvalue weighted by Gasteiger charge is 2.23. The van der Waals surface area contributed by atoms with Gasteiger partial charge in [-0.05, 0) is 64.1 Å². The summed E-state index contributed by atoms with van der Waals surface area (Å²) in [7, 11) is 2.34. The summed E-state index contributed by atoms with van der Waals surface area (Å²) in [4.78, 5) is 15.4. The van der Waals surface area contributed by atoms with Gasteiger partial charge in [0.1, 0.15) is 0 Å². The first-order valence-electron chi connectivity index (χ1n) is 17.1. The van der Waals surface area contributed by atoms with Gasteiger partial charge in [0, 0.05) is 26.2 Å². The van der Waals surface area contributed by atoms with E-state index in [1.54, 1.807) is 0 Å². The van der Waals surface area contributed by atoms with E-state index in [4.69, 9.17) is 4.74 Å². The van der Waals surface area contributed by atoms with E-state index in [0.717, 1.165) is 57.5 Å². The average Bonchev–Trinajstić information content (AvgIpc) is 2.95. The quantitative estimate of drug-likeness (QED) is 0.0688. The standard InChI is InChI=1S/C34H65N3O2/c1-36(25-20-26-37-27-29-39-30-28-37)31-34-23-18-17-22-33(34)21-16-14-12-10-8-6-4-2-3-5-7-9-11-13-15-19-24-35-32-38/h17-18,32-34H,2-16,19-31H2,1H3,(H,35,38). The number of amides is 1. The molecule has 0 aromatic heterocycles. The summed E-state index contributed by atoms with van der Waals surface area (Å²) in [5.74, 6) is 1.77. The van der Waals surface area contributed by atoms with E-state index in [2.05, 4.69) is 34.3 Å². The number of carbonyl (C=O) groups is 1. The monoisotopic (exact) mass is 548 g/mol. The van der Waals surface area contributed by atoms with Gasteiger partial charge >= 0.3 is 0 Å². The molecule has 0 bridgehead atoms. The third-order valence-corrected chi connectivity index (χ3v) is 9.10. The van der Waals surface area contributed by atoms with Gasteiger partial charge in [0.15, 0.2) is 0 Å². The van der Waals surface area contributed by atoms with Crippen LogP contribution in [0, 0.1) is 11.8 Å². The molecule has 1 saturated heterocycles. The Balaban J connectivity index is 1.35. The zero-order chi connectivity index (χ0) is 27.6. The number of rotatable bonds is 26. The number of hydrogen-bond donors (Lipinski definition) is 1. The molecule has 0 saturated carbocycles. The van der Waals surface area contributed by atoms with Crippen molar-refractivity contribution in [3.63, 3.8) is 0 Å². The molecular formula is C34H65N3O2. The molecule has 2 rings (SSSR count). The van der Waals surface area contributed by atoms with Gasteiger partial charge in [0.25, 0.3) is 0 Å². The van der Waals surface area contributed by atoms with Crippen molar-refractivity contribution in [3.05, 3.63) is 12.2 Å².